The van der Waals surface area contributed by atoms with Crippen molar-refractivity contribution in [1.29, 1.82) is 5.26 Å². The van der Waals surface area contributed by atoms with Crippen molar-refractivity contribution in [2.24, 2.45) is 11.7 Å². The smallest absolute Gasteiger partial charge is 0.512 e. The molecule has 4 aliphatic carbocycles. The van der Waals surface area contributed by atoms with E-state index in [1.54, 1.807) is 19.2 Å². The number of phenols is 2. The number of carbonyl (C=O) groups is 4. The van der Waals surface area contributed by atoms with Crippen LogP contribution >= 0.6 is 0 Å². The van der Waals surface area contributed by atoms with Crippen molar-refractivity contribution >= 4 is 32.2 Å². The number of nitrogens with zero attached hydrogens (tertiary/aromatic N) is 4. The van der Waals surface area contributed by atoms with E-state index in [4.69, 9.17) is 31.8 Å². The van der Waals surface area contributed by atoms with Gasteiger partial charge in [-0.3, -0.25) is 19.2 Å². The Morgan fingerprint density at radius 2 is 1.27 bits per heavy atom. The van der Waals surface area contributed by atoms with Crippen molar-refractivity contribution in [1.82, 2.24) is 14.9 Å². The molecule has 2 amide bonds. The van der Waals surface area contributed by atoms with Crippen molar-refractivity contribution < 1.29 is 92.9 Å². The Kier molecular flexibility index (Phi) is 18.4. The molecule has 9 aliphatic rings. The summed E-state index contributed by atoms with van der Waals surface area (Å²) in [6.07, 6.45) is 5.93. The number of ether oxygens (including phenoxy) is 4. The van der Waals surface area contributed by atoms with Crippen LogP contribution in [-0.2, 0) is 52.4 Å². The number of hydrogen-bond acceptors (Lipinski definition) is 17. The number of rotatable bonds is 9. The summed E-state index contributed by atoms with van der Waals surface area (Å²) in [7, 11) is 2.74. The summed E-state index contributed by atoms with van der Waals surface area (Å²) in [5, 5.41) is 51.9. The molecule has 3 saturated heterocycles. The number of Topliss-reactive ketones (excluding diaryl/α,β-unsaturated/α-hetero) is 1. The minimum absolute atomic E-state index is 0. The normalized spacial score (nSPS) is 31.3. The molecule has 387 valence electrons. The topological polar surface area (TPSA) is 255 Å². The van der Waals surface area contributed by atoms with Crippen LogP contribution in [0.15, 0.2) is 62.0 Å². The second-order valence-corrected chi connectivity index (χ2v) is 20.0. The average molecular weight is 1020 g/mol. The maximum absolute atomic E-state index is 12.7. The van der Waals surface area contributed by atoms with Gasteiger partial charge in [0.05, 0.1) is 41.2 Å². The SMILES string of the molecule is C=C.C=C(C)N1CC[C@]23c4c5ccc(O)c4O[C@@H]2C(CC(=O)CCCOC)CCC3(O)C1C5.C=C(C)N1CC[C@]23c4c5ccc(O)c4O[C@@H]2C(N)CCC3(O)C1C5.COC(=O)ON1C(=O)CCC1=O.[B].[C-]#N.[Na+]. The standard InChI is InChI=1S/C25H33NO5.C19H24N2O3.C6H7NO5.C2H4.CN.B.Na/c1-15(2)26-11-10-24-21-16-6-7-19(28)22(21)31-23(24)17(13-18(27)5-4-12-30-3)8-9-25(24,29)20(26)14-16;1-10(2)21-8-7-18-15-11-3-4-13(22)16(15)24-17(18)12(20)5-6-19(18,23)14(21)9-11;1-11-6(10)12-7-4(8)2-3-5(7)9;2*1-2;;/h6-7,17,20,23,28-29H,1,4-5,8-14H2,2-3H3;3-4,12,14,17,22-23H,1,5-9,20H2,2H3;2-3H2,1H3;1-2H2;;;/q;;;;-1;;+1/t17?,20?,23-,24+,25?;12?,14?,17-,18+,19?;;;;;/m11...../s1. The summed E-state index contributed by atoms with van der Waals surface area (Å²) in [6.45, 7) is 25.3. The molecule has 2 spiro atoms. The quantitative estimate of drug-likeness (QED) is 0.0600. The van der Waals surface area contributed by atoms with Gasteiger partial charge in [-0.15, -0.1) is 13.2 Å². The fourth-order valence-electron chi connectivity index (χ4n) is 13.9. The van der Waals surface area contributed by atoms with E-state index >= 15 is 0 Å². The Morgan fingerprint density at radius 3 is 1.74 bits per heavy atom. The van der Waals surface area contributed by atoms with Gasteiger partial charge >= 0.3 is 35.7 Å². The van der Waals surface area contributed by atoms with Gasteiger partial charge in [-0.1, -0.05) is 30.4 Å². The predicted molar refractivity (Wildman–Crippen MR) is 263 cm³/mol. The number of imide groups is 1. The van der Waals surface area contributed by atoms with Gasteiger partial charge in [-0.25, -0.2) is 4.79 Å². The van der Waals surface area contributed by atoms with E-state index in [1.165, 1.54) is 5.56 Å². The van der Waals surface area contributed by atoms with Gasteiger partial charge in [0.25, 0.3) is 11.8 Å². The van der Waals surface area contributed by atoms with Crippen molar-refractivity contribution in [3.63, 3.8) is 0 Å². The van der Waals surface area contributed by atoms with E-state index in [1.807, 2.05) is 26.0 Å². The van der Waals surface area contributed by atoms with E-state index in [2.05, 4.69) is 45.7 Å². The van der Waals surface area contributed by atoms with Gasteiger partial charge in [-0.05, 0) is 94.9 Å². The first kappa shape index (κ1) is 58.8. The number of likely N-dealkylation sites (tertiary alicyclic amines) is 2. The molecule has 18 nitrogen and oxygen atoms in total. The maximum atomic E-state index is 12.7. The van der Waals surface area contributed by atoms with Crippen LogP contribution in [0, 0.1) is 17.8 Å². The molecule has 6 unspecified atom stereocenters. The molecule has 3 radical (unpaired) electrons. The molecule has 2 aromatic rings. The van der Waals surface area contributed by atoms with E-state index in [0.717, 1.165) is 86.8 Å². The predicted octanol–water partition coefficient (Wildman–Crippen LogP) is 1.84. The number of aliphatic hydroxyl groups is 2. The van der Waals surface area contributed by atoms with Crippen LogP contribution in [0.2, 0.25) is 0 Å². The average Bonchev–Trinajstić information content (AvgIpc) is 4.00. The first-order chi connectivity index (χ1) is 33.9. The third-order valence-electron chi connectivity index (χ3n) is 16.7. The van der Waals surface area contributed by atoms with Crippen LogP contribution in [0.25, 0.3) is 0 Å². The molecule has 73 heavy (non-hydrogen) atoms. The van der Waals surface area contributed by atoms with E-state index in [9.17, 15) is 39.6 Å². The monoisotopic (exact) mass is 1020 g/mol. The van der Waals surface area contributed by atoms with Crippen LogP contribution in [0.3, 0.4) is 0 Å². The van der Waals surface area contributed by atoms with Crippen LogP contribution in [0.5, 0.6) is 23.0 Å². The fraction of sp³-hybridized carbons (Fsp3) is 0.566. The summed E-state index contributed by atoms with van der Waals surface area (Å²) < 4.78 is 21.9. The first-order valence-electron chi connectivity index (χ1n) is 24.3. The minimum Gasteiger partial charge on any atom is -0.512 e. The molecule has 0 aromatic heterocycles. The second-order valence-electron chi connectivity index (χ2n) is 20.0. The Labute approximate surface area is 451 Å². The van der Waals surface area contributed by atoms with Crippen LogP contribution in [0.1, 0.15) is 107 Å². The van der Waals surface area contributed by atoms with Gasteiger partial charge in [0, 0.05) is 95.4 Å². The van der Waals surface area contributed by atoms with Crippen molar-refractivity contribution in [2.75, 3.05) is 33.9 Å². The third-order valence-corrected chi connectivity index (χ3v) is 16.7. The van der Waals surface area contributed by atoms with Crippen LogP contribution in [0.4, 0.5) is 4.79 Å². The molecule has 10 atom stereocenters. The van der Waals surface area contributed by atoms with E-state index in [0.29, 0.717) is 55.3 Å². The molecule has 6 N–H and O–H groups in total. The molecular weight excluding hydrogens is 948 g/mol. The third kappa shape index (κ3) is 9.22. The molecule has 11 rings (SSSR count). The molecule has 5 aliphatic heterocycles. The van der Waals surface area contributed by atoms with Gasteiger partial charge < -0.3 is 66.7 Å². The van der Waals surface area contributed by atoms with Crippen molar-refractivity contribution in [3.8, 4) is 23.0 Å². The zero-order valence-electron chi connectivity index (χ0n) is 42.8. The Morgan fingerprint density at radius 1 is 0.808 bits per heavy atom. The van der Waals surface area contributed by atoms with Gasteiger partial charge in [0.2, 0.25) is 0 Å². The number of hydrogen-bond donors (Lipinski definition) is 5. The number of aromatic hydroxyl groups is 2. The maximum Gasteiger partial charge on any atom is 1.00 e. The molecule has 5 fully saturated rings. The minimum atomic E-state index is -1.07. The number of nitrogens with two attached hydrogens (primary N) is 1. The fourth-order valence-corrected chi connectivity index (χ4v) is 13.9. The Balaban J connectivity index is 0.000000209. The summed E-state index contributed by atoms with van der Waals surface area (Å²) >= 11 is 0. The largest absolute Gasteiger partial charge is 1.00 e. The second kappa shape index (κ2) is 22.8. The number of hydroxylamine groups is 2. The zero-order chi connectivity index (χ0) is 52.0. The van der Waals surface area contributed by atoms with Crippen molar-refractivity contribution in [3.05, 3.63) is 90.8 Å². The summed E-state index contributed by atoms with van der Waals surface area (Å²) in [6, 6.07) is 7.18. The molecule has 2 saturated carbocycles. The Bertz CT molecular complexity index is 2480. The summed E-state index contributed by atoms with van der Waals surface area (Å²) in [4.78, 5) is 53.6. The summed E-state index contributed by atoms with van der Waals surface area (Å²) in [5.41, 5.74) is 9.76. The van der Waals surface area contributed by atoms with Gasteiger partial charge in [-0.2, -0.15) is 0 Å². The van der Waals surface area contributed by atoms with E-state index < -0.39 is 40.0 Å². The van der Waals surface area contributed by atoms with Crippen molar-refractivity contribution in [2.45, 2.75) is 150 Å². The van der Waals surface area contributed by atoms with Crippen LogP contribution in [-0.4, -0.2) is 143 Å². The molecule has 2 aromatic carbocycles. The van der Waals surface area contributed by atoms with Crippen LogP contribution < -0.4 is 44.8 Å². The summed E-state index contributed by atoms with van der Waals surface area (Å²) in [5.74, 6) is 0.585. The number of benzene rings is 2. The molecule has 20 heteroatoms. The number of phenolic OH excluding ortho intramolecular Hbond substituents is 2. The number of amides is 2. The first-order valence-corrected chi connectivity index (χ1v) is 24.3. The van der Waals surface area contributed by atoms with Gasteiger partial charge in [0.1, 0.15) is 18.0 Å². The van der Waals surface area contributed by atoms with E-state index in [-0.39, 0.29) is 104 Å². The molecule has 4 bridgehead atoms. The molecular formula is C53H68BN5NaO13. The molecule has 5 heterocycles. The zero-order valence-corrected chi connectivity index (χ0v) is 44.8. The number of carbonyl (C=O) groups excluding carboxylic acids is 4. The Hall–Kier alpha value is -5.07. The number of ketones is 1. The number of piperidine rings is 2. The van der Waals surface area contributed by atoms with Gasteiger partial charge in [0.15, 0.2) is 23.0 Å². The number of methoxy groups -OCH3 is 2. The number of allylic oxidation sites excluding steroid dienone is 2.